The highest BCUT2D eigenvalue weighted by Crippen LogP contribution is 2.36. The first kappa shape index (κ1) is 27.6. The maximum absolute atomic E-state index is 13.2. The number of epoxide rings is 1. The molecule has 0 saturated carbocycles. The van der Waals surface area contributed by atoms with Crippen molar-refractivity contribution < 1.29 is 34.1 Å². The summed E-state index contributed by atoms with van der Waals surface area (Å²) < 4.78 is 11.6. The molecule has 2 N–H and O–H groups in total. The fourth-order valence-electron chi connectivity index (χ4n) is 4.76. The Kier molecular flexibility index (Phi) is 9.01. The molecule has 2 aliphatic rings. The normalized spacial score (nSPS) is 35.2. The van der Waals surface area contributed by atoms with Crippen molar-refractivity contribution in [2.75, 3.05) is 0 Å². The molecule has 2 saturated heterocycles. The highest BCUT2D eigenvalue weighted by molar-refractivity contribution is 7.11. The van der Waals surface area contributed by atoms with E-state index >= 15 is 0 Å². The SMILES string of the molecule is CC(=Cc1csc(C=O)n1)[C@@H]1C[C@@H]2O[C@@H]2CCC[C@H](C)[C@H](O)[C@@H](C)C(=O)C(C)(C)[C@@H](O)CC(=O)O1. The van der Waals surface area contributed by atoms with Gasteiger partial charge in [0.1, 0.15) is 11.9 Å². The number of aliphatic hydroxyl groups is 2. The number of ketones is 1. The molecule has 0 bridgehead atoms. The van der Waals surface area contributed by atoms with Crippen molar-refractivity contribution in [2.45, 2.75) is 97.2 Å². The summed E-state index contributed by atoms with van der Waals surface area (Å²) in [5.41, 5.74) is 0.138. The number of hydrogen-bond acceptors (Lipinski definition) is 9. The first-order valence-corrected chi connectivity index (χ1v) is 13.2. The van der Waals surface area contributed by atoms with E-state index in [0.29, 0.717) is 23.4 Å². The van der Waals surface area contributed by atoms with Crippen LogP contribution >= 0.6 is 11.3 Å². The second-order valence-corrected chi connectivity index (χ2v) is 11.4. The van der Waals surface area contributed by atoms with Gasteiger partial charge >= 0.3 is 5.97 Å². The average Bonchev–Trinajstić information content (AvgIpc) is 3.38. The van der Waals surface area contributed by atoms with Crippen LogP contribution in [0.3, 0.4) is 0 Å². The Balaban J connectivity index is 1.82. The van der Waals surface area contributed by atoms with Gasteiger partial charge in [0.25, 0.3) is 0 Å². The van der Waals surface area contributed by atoms with Crippen LogP contribution in [0.25, 0.3) is 6.08 Å². The van der Waals surface area contributed by atoms with Crippen LogP contribution in [0.2, 0.25) is 0 Å². The van der Waals surface area contributed by atoms with Gasteiger partial charge in [-0.25, -0.2) is 4.98 Å². The fourth-order valence-corrected chi connectivity index (χ4v) is 5.33. The highest BCUT2D eigenvalue weighted by Gasteiger charge is 2.44. The summed E-state index contributed by atoms with van der Waals surface area (Å²) in [6, 6.07) is 0. The minimum absolute atomic E-state index is 0.0490. The molecule has 194 valence electrons. The summed E-state index contributed by atoms with van der Waals surface area (Å²) >= 11 is 1.24. The van der Waals surface area contributed by atoms with E-state index in [9.17, 15) is 24.6 Å². The molecule has 0 aromatic carbocycles. The summed E-state index contributed by atoms with van der Waals surface area (Å²) in [5.74, 6) is -1.65. The summed E-state index contributed by atoms with van der Waals surface area (Å²) in [7, 11) is 0. The Morgan fingerprint density at radius 2 is 1.91 bits per heavy atom. The maximum atomic E-state index is 13.2. The molecule has 3 rings (SSSR count). The van der Waals surface area contributed by atoms with Crippen molar-refractivity contribution in [3.63, 3.8) is 0 Å². The van der Waals surface area contributed by atoms with Crippen molar-refractivity contribution in [1.82, 2.24) is 4.98 Å². The summed E-state index contributed by atoms with van der Waals surface area (Å²) in [5, 5.41) is 23.7. The van der Waals surface area contributed by atoms with Crippen LogP contribution in [-0.2, 0) is 19.1 Å². The van der Waals surface area contributed by atoms with Crippen LogP contribution in [0.5, 0.6) is 0 Å². The largest absolute Gasteiger partial charge is 0.458 e. The standard InChI is InChI=1S/C26H37NO7S/c1-14-7-6-8-18-20(33-18)10-19(15(2)9-17-13-35-22(12-28)27-17)34-23(30)11-21(29)26(4,5)25(32)16(3)24(14)31/h9,12-14,16,18-21,24,29,31H,6-8,10-11H2,1-5H3/t14-,16+,18+,19-,20-,21-,24-/m0/s1. The number of carbonyl (C=O) groups is 3. The number of ether oxygens (including phenoxy) is 2. The zero-order valence-electron chi connectivity index (χ0n) is 21.1. The number of aliphatic hydroxyl groups excluding tert-OH is 2. The summed E-state index contributed by atoms with van der Waals surface area (Å²) in [4.78, 5) is 41.2. The highest BCUT2D eigenvalue weighted by atomic mass is 32.1. The number of nitrogens with zero attached hydrogens (tertiary/aromatic N) is 1. The van der Waals surface area contributed by atoms with E-state index in [2.05, 4.69) is 4.98 Å². The quantitative estimate of drug-likeness (QED) is 0.361. The lowest BCUT2D eigenvalue weighted by atomic mass is 9.73. The van der Waals surface area contributed by atoms with E-state index < -0.39 is 35.6 Å². The Bertz CT molecular complexity index is 955. The van der Waals surface area contributed by atoms with Crippen LogP contribution in [-0.4, -0.2) is 63.8 Å². The molecule has 3 heterocycles. The van der Waals surface area contributed by atoms with Gasteiger partial charge in [0.05, 0.1) is 41.9 Å². The molecule has 7 atom stereocenters. The van der Waals surface area contributed by atoms with Gasteiger partial charge < -0.3 is 19.7 Å². The number of esters is 1. The van der Waals surface area contributed by atoms with Gasteiger partial charge in [-0.2, -0.15) is 0 Å². The van der Waals surface area contributed by atoms with Crippen LogP contribution < -0.4 is 0 Å². The smallest absolute Gasteiger partial charge is 0.309 e. The second kappa shape index (κ2) is 11.4. The minimum Gasteiger partial charge on any atom is -0.458 e. The predicted octanol–water partition coefficient (Wildman–Crippen LogP) is 3.59. The van der Waals surface area contributed by atoms with Crippen LogP contribution in [0, 0.1) is 17.3 Å². The molecule has 0 spiro atoms. The molecule has 9 heteroatoms. The fraction of sp³-hybridized carbons (Fsp3) is 0.692. The maximum Gasteiger partial charge on any atom is 0.309 e. The first-order valence-electron chi connectivity index (χ1n) is 12.3. The molecule has 0 radical (unpaired) electrons. The molecule has 0 amide bonds. The zero-order valence-corrected chi connectivity index (χ0v) is 21.9. The van der Waals surface area contributed by atoms with Gasteiger partial charge in [-0.15, -0.1) is 11.3 Å². The molecule has 8 nitrogen and oxygen atoms in total. The molecule has 35 heavy (non-hydrogen) atoms. The lowest BCUT2D eigenvalue weighted by Crippen LogP contribution is -2.45. The molecule has 0 unspecified atom stereocenters. The molecule has 2 aliphatic heterocycles. The molecule has 0 aliphatic carbocycles. The van der Waals surface area contributed by atoms with Crippen LogP contribution in [0.4, 0.5) is 0 Å². The lowest BCUT2D eigenvalue weighted by Gasteiger charge is -2.34. The van der Waals surface area contributed by atoms with Crippen molar-refractivity contribution >= 4 is 35.5 Å². The van der Waals surface area contributed by atoms with Gasteiger partial charge in [0, 0.05) is 17.7 Å². The zero-order chi connectivity index (χ0) is 25.9. The van der Waals surface area contributed by atoms with E-state index in [-0.39, 0.29) is 30.3 Å². The summed E-state index contributed by atoms with van der Waals surface area (Å²) in [6.45, 7) is 8.65. The van der Waals surface area contributed by atoms with E-state index in [4.69, 9.17) is 9.47 Å². The third-order valence-electron chi connectivity index (χ3n) is 7.42. The molecule has 1 aromatic heterocycles. The number of aromatic nitrogens is 1. The van der Waals surface area contributed by atoms with Crippen molar-refractivity contribution in [3.05, 3.63) is 21.7 Å². The number of hydrogen-bond donors (Lipinski definition) is 2. The third-order valence-corrected chi connectivity index (χ3v) is 8.21. The van der Waals surface area contributed by atoms with Crippen molar-refractivity contribution in [1.29, 1.82) is 0 Å². The number of carbonyl (C=O) groups excluding carboxylic acids is 3. The first-order chi connectivity index (χ1) is 16.4. The molecular weight excluding hydrogens is 470 g/mol. The minimum atomic E-state index is -1.26. The van der Waals surface area contributed by atoms with Crippen molar-refractivity contribution in [2.24, 2.45) is 17.3 Å². The van der Waals surface area contributed by atoms with Crippen molar-refractivity contribution in [3.8, 4) is 0 Å². The molecule has 2 fully saturated rings. The van der Waals surface area contributed by atoms with Gasteiger partial charge in [-0.3, -0.25) is 14.4 Å². The van der Waals surface area contributed by atoms with E-state index in [0.717, 1.165) is 24.8 Å². The van der Waals surface area contributed by atoms with Crippen LogP contribution in [0.15, 0.2) is 11.0 Å². The predicted molar refractivity (Wildman–Crippen MR) is 132 cm³/mol. The number of cyclic esters (lactones) is 1. The monoisotopic (exact) mass is 507 g/mol. The van der Waals surface area contributed by atoms with E-state index in [1.807, 2.05) is 13.8 Å². The van der Waals surface area contributed by atoms with Gasteiger partial charge in [-0.1, -0.05) is 34.1 Å². The number of aldehydes is 1. The number of Topliss-reactive ketones (excluding diaryl/α,β-unsaturated/α-hetero) is 1. The average molecular weight is 508 g/mol. The van der Waals surface area contributed by atoms with Crippen LogP contribution in [0.1, 0.15) is 82.2 Å². The molecule has 1 aromatic rings. The van der Waals surface area contributed by atoms with E-state index in [1.165, 1.54) is 11.3 Å². The Labute approximate surface area is 210 Å². The molecular formula is C26H37NO7S. The number of thiazole rings is 1. The van der Waals surface area contributed by atoms with Gasteiger partial charge in [0.2, 0.25) is 0 Å². The number of fused-ring (bicyclic) bond motifs is 1. The second-order valence-electron chi connectivity index (χ2n) is 10.5. The Morgan fingerprint density at radius 1 is 1.20 bits per heavy atom. The third kappa shape index (κ3) is 6.84. The van der Waals surface area contributed by atoms with Gasteiger partial charge in [0.15, 0.2) is 11.3 Å². The summed E-state index contributed by atoms with van der Waals surface area (Å²) in [6.07, 6.45) is 2.37. The Morgan fingerprint density at radius 3 is 2.57 bits per heavy atom. The Hall–Kier alpha value is -1.94. The number of rotatable bonds is 3. The topological polar surface area (TPSA) is 126 Å². The van der Waals surface area contributed by atoms with E-state index in [1.54, 1.807) is 32.2 Å². The lowest BCUT2D eigenvalue weighted by molar-refractivity contribution is -0.154. The van der Waals surface area contributed by atoms with Gasteiger partial charge in [-0.05, 0) is 37.3 Å².